The average Bonchev–Trinajstić information content (AvgIpc) is 2.88. The minimum atomic E-state index is -0.874. The smallest absolute Gasteiger partial charge is 0.343 e. The van der Waals surface area contributed by atoms with Gasteiger partial charge in [0, 0.05) is 12.0 Å². The van der Waals surface area contributed by atoms with E-state index in [-0.39, 0.29) is 18.6 Å². The van der Waals surface area contributed by atoms with Crippen molar-refractivity contribution in [2.24, 2.45) is 0 Å². The van der Waals surface area contributed by atoms with Crippen molar-refractivity contribution in [3.8, 4) is 17.2 Å². The number of esters is 3. The number of rotatable bonds is 13. The van der Waals surface area contributed by atoms with Crippen molar-refractivity contribution in [3.05, 3.63) is 66.2 Å². The molecular formula is C26H30O7. The molecular weight excluding hydrogens is 424 g/mol. The lowest BCUT2D eigenvalue weighted by atomic mass is 10.2. The van der Waals surface area contributed by atoms with Gasteiger partial charge in [-0.3, -0.25) is 4.79 Å². The summed E-state index contributed by atoms with van der Waals surface area (Å²) in [5, 5.41) is 0. The molecule has 0 heterocycles. The quantitative estimate of drug-likeness (QED) is 0.175. The molecule has 0 bridgehead atoms. The van der Waals surface area contributed by atoms with Crippen molar-refractivity contribution in [2.75, 3.05) is 13.2 Å². The number of carbonyl (C=O) groups is 3. The molecule has 0 spiro atoms. The van der Waals surface area contributed by atoms with Crippen LogP contribution in [0.2, 0.25) is 0 Å². The Morgan fingerprint density at radius 3 is 2.12 bits per heavy atom. The van der Waals surface area contributed by atoms with Crippen molar-refractivity contribution in [2.45, 2.75) is 46.0 Å². The van der Waals surface area contributed by atoms with E-state index in [0.717, 1.165) is 6.42 Å². The summed E-state index contributed by atoms with van der Waals surface area (Å²) < 4.78 is 53.2. The second-order valence-corrected chi connectivity index (χ2v) is 7.12. The van der Waals surface area contributed by atoms with Crippen LogP contribution >= 0.6 is 0 Å². The van der Waals surface area contributed by atoms with Crippen LogP contribution in [-0.2, 0) is 14.3 Å². The number of unbranched alkanes of at least 4 members (excludes halogenated alkanes) is 2. The maximum absolute atomic E-state index is 12.5. The maximum atomic E-state index is 12.5. The number of ether oxygens (including phenoxy) is 4. The van der Waals surface area contributed by atoms with Crippen LogP contribution in [0.15, 0.2) is 60.6 Å². The number of hydrogen-bond acceptors (Lipinski definition) is 7. The Bertz CT molecular complexity index is 1120. The van der Waals surface area contributed by atoms with Gasteiger partial charge in [0.1, 0.15) is 17.2 Å². The van der Waals surface area contributed by atoms with Crippen LogP contribution in [0, 0.1) is 0 Å². The molecule has 0 saturated carbocycles. The summed E-state index contributed by atoms with van der Waals surface area (Å²) in [6.07, 6.45) is 2.29. The average molecular weight is 459 g/mol. The Balaban J connectivity index is 1.99. The predicted octanol–water partition coefficient (Wildman–Crippen LogP) is 5.28. The van der Waals surface area contributed by atoms with Gasteiger partial charge in [0.2, 0.25) is 0 Å². The molecule has 0 aliphatic heterocycles. The van der Waals surface area contributed by atoms with E-state index in [4.69, 9.17) is 24.4 Å². The minimum Gasteiger partial charge on any atom is -0.494 e. The molecule has 7 nitrogen and oxygen atoms in total. The van der Waals surface area contributed by atoms with Crippen LogP contribution in [0.5, 0.6) is 17.2 Å². The van der Waals surface area contributed by atoms with Crippen LogP contribution < -0.4 is 14.2 Å². The summed E-state index contributed by atoms with van der Waals surface area (Å²) in [5.74, 6) is -2.65. The SMILES string of the molecule is [2H]c1c([2H])c(OC(=O)c2ccc(OCCC)cc2)c([2H])c([2H])c1OC(=O)CCCCCOC(=O)C(=C)C. The first-order valence-electron chi connectivity index (χ1n) is 12.7. The monoisotopic (exact) mass is 458 g/mol. The zero-order valence-electron chi connectivity index (χ0n) is 22.8. The highest BCUT2D eigenvalue weighted by atomic mass is 16.5. The van der Waals surface area contributed by atoms with Crippen LogP contribution in [0.25, 0.3) is 0 Å². The van der Waals surface area contributed by atoms with Gasteiger partial charge in [0.25, 0.3) is 0 Å². The van der Waals surface area contributed by atoms with Crippen molar-refractivity contribution >= 4 is 17.9 Å². The molecule has 2 aromatic carbocycles. The Kier molecular flexibility index (Phi) is 8.33. The lowest BCUT2D eigenvalue weighted by Gasteiger charge is -2.08. The minimum absolute atomic E-state index is 0.0390. The van der Waals surface area contributed by atoms with E-state index in [1.165, 1.54) is 12.1 Å². The highest BCUT2D eigenvalue weighted by molar-refractivity contribution is 5.91. The third kappa shape index (κ3) is 9.60. The summed E-state index contributed by atoms with van der Waals surface area (Å²) in [4.78, 5) is 36.0. The second-order valence-electron chi connectivity index (χ2n) is 7.12. The third-order valence-electron chi connectivity index (χ3n) is 4.16. The Morgan fingerprint density at radius 2 is 1.52 bits per heavy atom. The van der Waals surface area contributed by atoms with Gasteiger partial charge in [-0.05, 0) is 81.0 Å². The van der Waals surface area contributed by atoms with Gasteiger partial charge in [-0.25, -0.2) is 9.59 Å². The van der Waals surface area contributed by atoms with Crippen LogP contribution in [0.4, 0.5) is 0 Å². The molecule has 0 saturated heterocycles. The van der Waals surface area contributed by atoms with E-state index >= 15 is 0 Å². The van der Waals surface area contributed by atoms with Gasteiger partial charge in [0.05, 0.1) is 24.3 Å². The predicted molar refractivity (Wildman–Crippen MR) is 124 cm³/mol. The lowest BCUT2D eigenvalue weighted by Crippen LogP contribution is -2.09. The molecule has 0 N–H and O–H groups in total. The van der Waals surface area contributed by atoms with E-state index in [1.54, 1.807) is 19.1 Å². The van der Waals surface area contributed by atoms with Crippen molar-refractivity contribution in [1.29, 1.82) is 0 Å². The fraction of sp³-hybridized carbons (Fsp3) is 0.346. The summed E-state index contributed by atoms with van der Waals surface area (Å²) >= 11 is 0. The number of carbonyl (C=O) groups excluding carboxylic acids is 3. The Hall–Kier alpha value is -3.61. The molecule has 2 aromatic rings. The molecule has 0 fully saturated rings. The van der Waals surface area contributed by atoms with E-state index in [0.29, 0.717) is 37.2 Å². The Labute approximate surface area is 199 Å². The molecule has 176 valence electrons. The van der Waals surface area contributed by atoms with Gasteiger partial charge in [-0.1, -0.05) is 13.5 Å². The molecule has 0 amide bonds. The molecule has 0 radical (unpaired) electrons. The van der Waals surface area contributed by atoms with Crippen LogP contribution in [0.3, 0.4) is 0 Å². The van der Waals surface area contributed by atoms with Crippen molar-refractivity contribution in [3.63, 3.8) is 0 Å². The summed E-state index contributed by atoms with van der Waals surface area (Å²) in [7, 11) is 0. The Morgan fingerprint density at radius 1 is 0.879 bits per heavy atom. The van der Waals surface area contributed by atoms with Crippen molar-refractivity contribution < 1.29 is 38.8 Å². The topological polar surface area (TPSA) is 88.1 Å². The molecule has 0 aliphatic rings. The number of hydrogen-bond donors (Lipinski definition) is 0. The maximum Gasteiger partial charge on any atom is 0.343 e. The molecule has 2 rings (SSSR count). The van der Waals surface area contributed by atoms with Gasteiger partial charge >= 0.3 is 17.9 Å². The first-order valence-corrected chi connectivity index (χ1v) is 10.7. The first kappa shape index (κ1) is 20.0. The van der Waals surface area contributed by atoms with Crippen LogP contribution in [-0.4, -0.2) is 31.1 Å². The van der Waals surface area contributed by atoms with E-state index in [9.17, 15) is 14.4 Å². The summed E-state index contributed by atoms with van der Waals surface area (Å²) in [6, 6.07) is 3.49. The fourth-order valence-electron chi connectivity index (χ4n) is 2.45. The molecule has 33 heavy (non-hydrogen) atoms. The highest BCUT2D eigenvalue weighted by Crippen LogP contribution is 2.20. The summed E-state index contributed by atoms with van der Waals surface area (Å²) in [5.41, 5.74) is 0.432. The molecule has 0 atom stereocenters. The van der Waals surface area contributed by atoms with Gasteiger partial charge < -0.3 is 18.9 Å². The van der Waals surface area contributed by atoms with Crippen molar-refractivity contribution in [1.82, 2.24) is 0 Å². The van der Waals surface area contributed by atoms with Gasteiger partial charge in [0.15, 0.2) is 0 Å². The van der Waals surface area contributed by atoms with Gasteiger partial charge in [-0.15, -0.1) is 0 Å². The lowest BCUT2D eigenvalue weighted by molar-refractivity contribution is -0.139. The zero-order chi connectivity index (χ0) is 27.5. The largest absolute Gasteiger partial charge is 0.494 e. The fourth-order valence-corrected chi connectivity index (χ4v) is 2.45. The van der Waals surface area contributed by atoms with E-state index < -0.39 is 53.6 Å². The summed E-state index contributed by atoms with van der Waals surface area (Å²) in [6.45, 7) is 7.71. The van der Waals surface area contributed by atoms with Gasteiger partial charge in [-0.2, -0.15) is 0 Å². The molecule has 0 unspecified atom stereocenters. The normalized spacial score (nSPS) is 11.9. The third-order valence-corrected chi connectivity index (χ3v) is 4.16. The van der Waals surface area contributed by atoms with Crippen LogP contribution in [0.1, 0.15) is 61.8 Å². The highest BCUT2D eigenvalue weighted by Gasteiger charge is 2.10. The molecule has 0 aliphatic carbocycles. The van der Waals surface area contributed by atoms with E-state index in [2.05, 4.69) is 6.58 Å². The first-order chi connectivity index (χ1) is 17.6. The molecule has 0 aromatic heterocycles. The van der Waals surface area contributed by atoms with E-state index in [1.807, 2.05) is 6.92 Å². The second kappa shape index (κ2) is 13.7. The number of benzene rings is 2. The zero-order valence-corrected chi connectivity index (χ0v) is 18.8. The molecule has 7 heteroatoms. The standard InChI is InChI=1S/C26H30O7/c1-4-17-30-21-11-9-20(10-12-21)26(29)33-23-15-13-22(14-16-23)32-24(27)8-6-5-7-18-31-25(28)19(2)3/h9-16H,2,4-8,17-18H2,1,3H3/i13D,14D,15D,16D.